The van der Waals surface area contributed by atoms with E-state index < -0.39 is 29.1 Å². The van der Waals surface area contributed by atoms with Crippen molar-refractivity contribution in [2.75, 3.05) is 26.3 Å². The zero-order valence-electron chi connectivity index (χ0n) is 28.8. The molecule has 3 aromatic carbocycles. The van der Waals surface area contributed by atoms with Gasteiger partial charge in [-0.1, -0.05) is 69.3 Å². The van der Waals surface area contributed by atoms with Crippen LogP contribution in [0.5, 0.6) is 0 Å². The number of carbonyl (C=O) groups excluding carboxylic acids is 2. The standard InChI is InChI=1S/C39H41F2N3O5S/c1-6-33(49-23-48-5)38(47)42-27-17-15-26(16-18-27)37-29(20-43(4)19-25-11-8-7-9-12-25)34-36(46)30(35(45)24(2)3)22-44(39(34)50-37)21-28-31(40)13-10-14-32(28)41/h7-18,22,24,33H,6,19-21,23H2,1-5H3,(H,42,47). The first-order valence-electron chi connectivity index (χ1n) is 16.4. The lowest BCUT2D eigenvalue weighted by atomic mass is 9.99. The number of pyridine rings is 1. The van der Waals surface area contributed by atoms with Gasteiger partial charge < -0.3 is 19.4 Å². The highest BCUT2D eigenvalue weighted by Crippen LogP contribution is 2.39. The number of hydrogen-bond acceptors (Lipinski definition) is 7. The van der Waals surface area contributed by atoms with Crippen LogP contribution in [0.15, 0.2) is 83.8 Å². The lowest BCUT2D eigenvalue weighted by Crippen LogP contribution is -2.30. The van der Waals surface area contributed by atoms with E-state index in [2.05, 4.69) is 10.2 Å². The molecule has 1 unspecified atom stereocenters. The second-order valence-electron chi connectivity index (χ2n) is 12.5. The molecule has 8 nitrogen and oxygen atoms in total. The van der Waals surface area contributed by atoms with Gasteiger partial charge in [0.1, 0.15) is 29.4 Å². The summed E-state index contributed by atoms with van der Waals surface area (Å²) in [5.74, 6) is -2.57. The Bertz CT molecular complexity index is 2010. The van der Waals surface area contributed by atoms with Gasteiger partial charge >= 0.3 is 0 Å². The van der Waals surface area contributed by atoms with E-state index in [9.17, 15) is 23.2 Å². The van der Waals surface area contributed by atoms with Crippen LogP contribution in [0.25, 0.3) is 20.7 Å². The number of hydrogen-bond donors (Lipinski definition) is 1. The Labute approximate surface area is 294 Å². The van der Waals surface area contributed by atoms with E-state index in [0.717, 1.165) is 16.0 Å². The van der Waals surface area contributed by atoms with E-state index in [1.807, 2.05) is 56.4 Å². The summed E-state index contributed by atoms with van der Waals surface area (Å²) in [6.07, 6.45) is 1.22. The van der Waals surface area contributed by atoms with E-state index in [-0.39, 0.29) is 36.2 Å². The van der Waals surface area contributed by atoms with Crippen LogP contribution in [0, 0.1) is 17.6 Å². The number of ketones is 1. The maximum Gasteiger partial charge on any atom is 0.253 e. The highest BCUT2D eigenvalue weighted by atomic mass is 32.1. The monoisotopic (exact) mass is 701 g/mol. The molecule has 0 saturated carbocycles. The van der Waals surface area contributed by atoms with Gasteiger partial charge in [0.15, 0.2) is 5.78 Å². The summed E-state index contributed by atoms with van der Waals surface area (Å²) in [6, 6.07) is 20.8. The van der Waals surface area contributed by atoms with Crippen LogP contribution in [0.1, 0.15) is 54.2 Å². The van der Waals surface area contributed by atoms with Crippen molar-refractivity contribution in [2.24, 2.45) is 5.92 Å². The molecule has 2 heterocycles. The zero-order valence-corrected chi connectivity index (χ0v) is 29.6. The minimum atomic E-state index is -0.719. The lowest BCUT2D eigenvalue weighted by Gasteiger charge is -2.18. The quantitative estimate of drug-likeness (QED) is 0.0883. The van der Waals surface area contributed by atoms with Crippen LogP contribution >= 0.6 is 11.3 Å². The van der Waals surface area contributed by atoms with Gasteiger partial charge in [0.25, 0.3) is 5.91 Å². The first-order chi connectivity index (χ1) is 24.0. The van der Waals surface area contributed by atoms with Gasteiger partial charge in [0.2, 0.25) is 5.43 Å². The molecule has 0 fully saturated rings. The molecule has 1 amide bonds. The fraction of sp³-hybridized carbons (Fsp3) is 0.308. The van der Waals surface area contributed by atoms with Crippen molar-refractivity contribution >= 4 is 38.9 Å². The van der Waals surface area contributed by atoms with Crippen LogP contribution in [0.3, 0.4) is 0 Å². The summed E-state index contributed by atoms with van der Waals surface area (Å²) in [7, 11) is 3.44. The highest BCUT2D eigenvalue weighted by Gasteiger charge is 2.26. The molecule has 11 heteroatoms. The van der Waals surface area contributed by atoms with Gasteiger partial charge in [0.05, 0.1) is 17.5 Å². The van der Waals surface area contributed by atoms with Gasteiger partial charge in [0, 0.05) is 48.4 Å². The number of nitrogens with one attached hydrogen (secondary N) is 1. The number of amides is 1. The minimum Gasteiger partial charge on any atom is -0.359 e. The Hall–Kier alpha value is -4.55. The van der Waals surface area contributed by atoms with Gasteiger partial charge in [-0.25, -0.2) is 8.78 Å². The maximum atomic E-state index is 15.0. The van der Waals surface area contributed by atoms with Crippen LogP contribution in [0.2, 0.25) is 0 Å². The Morgan fingerprint density at radius 1 is 0.940 bits per heavy atom. The van der Waals surface area contributed by atoms with Gasteiger partial charge in [-0.05, 0) is 54.4 Å². The van der Waals surface area contributed by atoms with Crippen molar-refractivity contribution in [1.29, 1.82) is 0 Å². The minimum absolute atomic E-state index is 0.00592. The van der Waals surface area contributed by atoms with Crippen LogP contribution in [0.4, 0.5) is 14.5 Å². The highest BCUT2D eigenvalue weighted by molar-refractivity contribution is 7.22. The molecule has 0 spiro atoms. The first-order valence-corrected chi connectivity index (χ1v) is 17.2. The molecular weight excluding hydrogens is 661 g/mol. The van der Waals surface area contributed by atoms with E-state index in [1.54, 1.807) is 30.5 Å². The molecule has 0 radical (unpaired) electrons. The molecule has 0 aliphatic carbocycles. The summed E-state index contributed by atoms with van der Waals surface area (Å²) >= 11 is 1.32. The van der Waals surface area contributed by atoms with Gasteiger partial charge in [-0.2, -0.15) is 0 Å². The van der Waals surface area contributed by atoms with Crippen molar-refractivity contribution in [3.63, 3.8) is 0 Å². The summed E-state index contributed by atoms with van der Waals surface area (Å²) in [5, 5.41) is 3.22. The number of benzene rings is 3. The molecule has 1 N–H and O–H groups in total. The number of halogens is 2. The summed E-state index contributed by atoms with van der Waals surface area (Å²) < 4.78 is 42.0. The van der Waals surface area contributed by atoms with E-state index in [0.29, 0.717) is 41.0 Å². The predicted octanol–water partition coefficient (Wildman–Crippen LogP) is 7.86. The Balaban J connectivity index is 1.65. The summed E-state index contributed by atoms with van der Waals surface area (Å²) in [5.41, 5.74) is 2.50. The third-order valence-electron chi connectivity index (χ3n) is 8.37. The third-order valence-corrected chi connectivity index (χ3v) is 9.69. The molecule has 0 bridgehead atoms. The second kappa shape index (κ2) is 16.4. The van der Waals surface area contributed by atoms with Crippen molar-refractivity contribution < 1.29 is 27.8 Å². The van der Waals surface area contributed by atoms with Crippen LogP contribution in [-0.2, 0) is 33.9 Å². The Morgan fingerprint density at radius 2 is 1.62 bits per heavy atom. The van der Waals surface area contributed by atoms with Crippen molar-refractivity contribution in [2.45, 2.75) is 52.9 Å². The number of Topliss-reactive ketones (excluding diaryl/α,β-unsaturated/α-hetero) is 1. The topological polar surface area (TPSA) is 89.9 Å². The molecular formula is C39H41F2N3O5S. The number of fused-ring (bicyclic) bond motifs is 1. The van der Waals surface area contributed by atoms with Gasteiger partial charge in [-0.3, -0.25) is 19.3 Å². The Morgan fingerprint density at radius 3 is 2.24 bits per heavy atom. The molecule has 262 valence electrons. The third kappa shape index (κ3) is 8.24. The lowest BCUT2D eigenvalue weighted by molar-refractivity contribution is -0.136. The average molecular weight is 702 g/mol. The number of rotatable bonds is 15. The molecule has 2 aromatic heterocycles. The number of carbonyl (C=O) groups is 2. The molecule has 0 aliphatic heterocycles. The normalized spacial score (nSPS) is 12.2. The average Bonchev–Trinajstić information content (AvgIpc) is 3.47. The zero-order chi connectivity index (χ0) is 35.9. The first kappa shape index (κ1) is 36.7. The second-order valence-corrected chi connectivity index (χ2v) is 13.5. The van der Waals surface area contributed by atoms with Crippen LogP contribution in [-0.4, -0.2) is 48.2 Å². The molecule has 0 saturated heterocycles. The van der Waals surface area contributed by atoms with Gasteiger partial charge in [-0.15, -0.1) is 11.3 Å². The number of methoxy groups -OCH3 is 1. The van der Waals surface area contributed by atoms with Crippen molar-refractivity contribution in [3.8, 4) is 10.4 Å². The summed E-state index contributed by atoms with van der Waals surface area (Å²) in [4.78, 5) is 43.9. The Kier molecular flexibility index (Phi) is 12.1. The van der Waals surface area contributed by atoms with E-state index in [1.165, 1.54) is 42.8 Å². The van der Waals surface area contributed by atoms with Crippen LogP contribution < -0.4 is 10.7 Å². The maximum absolute atomic E-state index is 15.0. The van der Waals surface area contributed by atoms with Crippen molar-refractivity contribution in [1.82, 2.24) is 9.47 Å². The molecule has 5 rings (SSSR count). The largest absolute Gasteiger partial charge is 0.359 e. The number of aromatic nitrogens is 1. The predicted molar refractivity (Wildman–Crippen MR) is 193 cm³/mol. The number of thiophene rings is 1. The van der Waals surface area contributed by atoms with E-state index >= 15 is 0 Å². The molecule has 1 atom stereocenters. The SMILES string of the molecule is CCC(OCOC)C(=O)Nc1ccc(-c2sc3c(c2CN(C)Cc2ccccc2)c(=O)c(C(=O)C(C)C)cn3Cc2c(F)cccc2F)cc1. The smallest absolute Gasteiger partial charge is 0.253 e. The molecule has 5 aromatic rings. The van der Waals surface area contributed by atoms with Crippen molar-refractivity contribution in [3.05, 3.63) is 123 Å². The number of nitrogens with zero attached hydrogens (tertiary/aromatic N) is 2. The number of anilines is 1. The van der Waals surface area contributed by atoms with E-state index in [4.69, 9.17) is 9.47 Å². The molecule has 50 heavy (non-hydrogen) atoms. The fourth-order valence-corrected chi connectivity index (χ4v) is 7.11. The number of ether oxygens (including phenoxy) is 2. The molecule has 0 aliphatic rings. The fourth-order valence-electron chi connectivity index (χ4n) is 5.82. The summed E-state index contributed by atoms with van der Waals surface area (Å²) in [6.45, 7) is 5.99.